The Morgan fingerprint density at radius 3 is 2.62 bits per heavy atom. The normalized spacial score (nSPS) is 10.7. The highest BCUT2D eigenvalue weighted by molar-refractivity contribution is 5.95. The van der Waals surface area contributed by atoms with Gasteiger partial charge in [0.25, 0.3) is 5.91 Å². The second-order valence-corrected chi connectivity index (χ2v) is 6.14. The standard InChI is InChI=1S/C21H22FN3O/c1-2-20-19(14-24-25(20)15-17-7-4-3-5-8-17)21(26)23-12-11-16-9-6-10-18(22)13-16/h3-10,13-14H,2,11-12,15H2,1H3,(H,23,26). The van der Waals surface area contributed by atoms with Gasteiger partial charge in [-0.25, -0.2) is 4.39 Å². The van der Waals surface area contributed by atoms with E-state index in [4.69, 9.17) is 0 Å². The minimum Gasteiger partial charge on any atom is -0.352 e. The van der Waals surface area contributed by atoms with Gasteiger partial charge in [0.15, 0.2) is 0 Å². The molecule has 0 unspecified atom stereocenters. The average Bonchev–Trinajstić information content (AvgIpc) is 3.05. The molecule has 1 aromatic heterocycles. The van der Waals surface area contributed by atoms with E-state index >= 15 is 0 Å². The van der Waals surface area contributed by atoms with Crippen molar-refractivity contribution in [3.05, 3.63) is 89.0 Å². The Morgan fingerprint density at radius 1 is 1.12 bits per heavy atom. The topological polar surface area (TPSA) is 46.9 Å². The summed E-state index contributed by atoms with van der Waals surface area (Å²) >= 11 is 0. The third-order valence-corrected chi connectivity index (χ3v) is 4.29. The number of nitrogens with zero attached hydrogens (tertiary/aromatic N) is 2. The number of aromatic nitrogens is 2. The number of rotatable bonds is 7. The predicted molar refractivity (Wildman–Crippen MR) is 99.6 cm³/mol. The molecular weight excluding hydrogens is 329 g/mol. The van der Waals surface area contributed by atoms with E-state index in [-0.39, 0.29) is 11.7 Å². The van der Waals surface area contributed by atoms with Crippen molar-refractivity contribution < 1.29 is 9.18 Å². The van der Waals surface area contributed by atoms with Crippen LogP contribution in [0.25, 0.3) is 0 Å². The third kappa shape index (κ3) is 4.36. The van der Waals surface area contributed by atoms with E-state index in [1.54, 1.807) is 12.3 Å². The minimum absolute atomic E-state index is 0.141. The summed E-state index contributed by atoms with van der Waals surface area (Å²) in [5.74, 6) is -0.401. The van der Waals surface area contributed by atoms with E-state index in [0.717, 1.165) is 23.2 Å². The summed E-state index contributed by atoms with van der Waals surface area (Å²) in [7, 11) is 0. The molecule has 0 aliphatic carbocycles. The quantitative estimate of drug-likeness (QED) is 0.707. The summed E-state index contributed by atoms with van der Waals surface area (Å²) in [5.41, 5.74) is 3.52. The van der Waals surface area contributed by atoms with Crippen molar-refractivity contribution >= 4 is 5.91 Å². The molecule has 0 fully saturated rings. The van der Waals surface area contributed by atoms with Crippen LogP contribution in [0.1, 0.15) is 34.1 Å². The van der Waals surface area contributed by atoms with Gasteiger partial charge in [-0.15, -0.1) is 0 Å². The Balaban J connectivity index is 1.64. The van der Waals surface area contributed by atoms with Crippen molar-refractivity contribution in [3.8, 4) is 0 Å². The Hall–Kier alpha value is -2.95. The molecule has 0 atom stereocenters. The molecule has 3 aromatic rings. The number of benzene rings is 2. The minimum atomic E-state index is -0.260. The Kier molecular flexibility index (Phi) is 5.79. The van der Waals surface area contributed by atoms with Gasteiger partial charge in [-0.3, -0.25) is 9.48 Å². The van der Waals surface area contributed by atoms with Crippen LogP contribution < -0.4 is 5.32 Å². The summed E-state index contributed by atoms with van der Waals surface area (Å²) in [6.45, 7) is 3.11. The number of hydrogen-bond acceptors (Lipinski definition) is 2. The number of hydrogen-bond donors (Lipinski definition) is 1. The van der Waals surface area contributed by atoms with E-state index in [0.29, 0.717) is 25.1 Å². The van der Waals surface area contributed by atoms with Crippen molar-refractivity contribution in [1.29, 1.82) is 0 Å². The van der Waals surface area contributed by atoms with Crippen LogP contribution in [0.2, 0.25) is 0 Å². The largest absolute Gasteiger partial charge is 0.352 e. The van der Waals surface area contributed by atoms with Gasteiger partial charge in [-0.05, 0) is 36.1 Å². The molecule has 0 bridgehead atoms. The smallest absolute Gasteiger partial charge is 0.254 e. The summed E-state index contributed by atoms with van der Waals surface area (Å²) in [6, 6.07) is 16.5. The Labute approximate surface area is 152 Å². The van der Waals surface area contributed by atoms with Gasteiger partial charge in [0.05, 0.1) is 24.0 Å². The molecule has 3 rings (SSSR count). The van der Waals surface area contributed by atoms with Gasteiger partial charge in [0, 0.05) is 6.54 Å². The highest BCUT2D eigenvalue weighted by atomic mass is 19.1. The molecule has 0 spiro atoms. The first-order valence-electron chi connectivity index (χ1n) is 8.78. The summed E-state index contributed by atoms with van der Waals surface area (Å²) in [5, 5.41) is 7.29. The van der Waals surface area contributed by atoms with Crippen LogP contribution >= 0.6 is 0 Å². The zero-order valence-electron chi connectivity index (χ0n) is 14.8. The molecule has 4 nitrogen and oxygen atoms in total. The van der Waals surface area contributed by atoms with Crippen molar-refractivity contribution in [2.24, 2.45) is 0 Å². The summed E-state index contributed by atoms with van der Waals surface area (Å²) in [6.07, 6.45) is 2.93. The van der Waals surface area contributed by atoms with Crippen LogP contribution in [0.15, 0.2) is 60.8 Å². The van der Waals surface area contributed by atoms with Gasteiger partial charge in [-0.1, -0.05) is 49.4 Å². The van der Waals surface area contributed by atoms with Gasteiger partial charge in [-0.2, -0.15) is 5.10 Å². The zero-order chi connectivity index (χ0) is 18.4. The van der Waals surface area contributed by atoms with Crippen molar-refractivity contribution in [2.45, 2.75) is 26.3 Å². The van der Waals surface area contributed by atoms with Crippen LogP contribution in [0.5, 0.6) is 0 Å². The number of halogens is 1. The summed E-state index contributed by atoms with van der Waals surface area (Å²) < 4.78 is 15.1. The molecule has 1 N–H and O–H groups in total. The second kappa shape index (κ2) is 8.43. The maximum Gasteiger partial charge on any atom is 0.254 e. The van der Waals surface area contributed by atoms with Crippen LogP contribution in [-0.4, -0.2) is 22.2 Å². The molecule has 1 heterocycles. The van der Waals surface area contributed by atoms with Crippen molar-refractivity contribution in [2.75, 3.05) is 6.54 Å². The van der Waals surface area contributed by atoms with E-state index in [1.165, 1.54) is 12.1 Å². The molecule has 134 valence electrons. The highest BCUT2D eigenvalue weighted by Crippen LogP contribution is 2.12. The second-order valence-electron chi connectivity index (χ2n) is 6.14. The first kappa shape index (κ1) is 17.9. The van der Waals surface area contributed by atoms with E-state index < -0.39 is 0 Å². The fourth-order valence-electron chi connectivity index (χ4n) is 2.97. The lowest BCUT2D eigenvalue weighted by Gasteiger charge is -2.09. The van der Waals surface area contributed by atoms with Crippen LogP contribution in [0, 0.1) is 5.82 Å². The van der Waals surface area contributed by atoms with Crippen LogP contribution in [-0.2, 0) is 19.4 Å². The lowest BCUT2D eigenvalue weighted by Crippen LogP contribution is -2.26. The predicted octanol–water partition coefficient (Wildman–Crippen LogP) is 3.61. The summed E-state index contributed by atoms with van der Waals surface area (Å²) in [4.78, 5) is 12.5. The van der Waals surface area contributed by atoms with Crippen molar-refractivity contribution in [3.63, 3.8) is 0 Å². The highest BCUT2D eigenvalue weighted by Gasteiger charge is 2.16. The molecule has 0 saturated carbocycles. The SMILES string of the molecule is CCc1c(C(=O)NCCc2cccc(F)c2)cnn1Cc1ccccc1. The lowest BCUT2D eigenvalue weighted by atomic mass is 10.1. The number of nitrogens with one attached hydrogen (secondary N) is 1. The molecule has 5 heteroatoms. The molecular formula is C21H22FN3O. The first-order valence-corrected chi connectivity index (χ1v) is 8.78. The Morgan fingerprint density at radius 2 is 1.88 bits per heavy atom. The molecule has 2 aromatic carbocycles. The first-order chi connectivity index (χ1) is 12.7. The van der Waals surface area contributed by atoms with Crippen LogP contribution in [0.3, 0.4) is 0 Å². The van der Waals surface area contributed by atoms with Gasteiger partial charge >= 0.3 is 0 Å². The molecule has 0 aliphatic rings. The van der Waals surface area contributed by atoms with Crippen molar-refractivity contribution in [1.82, 2.24) is 15.1 Å². The molecule has 0 aliphatic heterocycles. The maximum atomic E-state index is 13.2. The average molecular weight is 351 g/mol. The molecule has 26 heavy (non-hydrogen) atoms. The lowest BCUT2D eigenvalue weighted by molar-refractivity contribution is 0.0953. The molecule has 0 saturated heterocycles. The zero-order valence-corrected chi connectivity index (χ0v) is 14.8. The van der Waals surface area contributed by atoms with E-state index in [9.17, 15) is 9.18 Å². The van der Waals surface area contributed by atoms with E-state index in [2.05, 4.69) is 10.4 Å². The third-order valence-electron chi connectivity index (χ3n) is 4.29. The number of carbonyl (C=O) groups is 1. The fourth-order valence-corrected chi connectivity index (χ4v) is 2.97. The van der Waals surface area contributed by atoms with Gasteiger partial charge in [0.1, 0.15) is 5.82 Å². The monoisotopic (exact) mass is 351 g/mol. The molecule has 1 amide bonds. The molecule has 0 radical (unpaired) electrons. The maximum absolute atomic E-state index is 13.2. The number of amides is 1. The Bertz CT molecular complexity index is 874. The van der Waals surface area contributed by atoms with Gasteiger partial charge < -0.3 is 5.32 Å². The number of carbonyl (C=O) groups excluding carboxylic acids is 1. The van der Waals surface area contributed by atoms with Gasteiger partial charge in [0.2, 0.25) is 0 Å². The fraction of sp³-hybridized carbons (Fsp3) is 0.238. The van der Waals surface area contributed by atoms with Crippen LogP contribution in [0.4, 0.5) is 4.39 Å². The van der Waals surface area contributed by atoms with E-state index in [1.807, 2.05) is 48.0 Å².